The maximum atomic E-state index is 13.1. The molecular weight excluding hydrogens is 368 g/mol. The lowest BCUT2D eigenvalue weighted by atomic mass is 10.2. The van der Waals surface area contributed by atoms with Crippen molar-refractivity contribution in [2.24, 2.45) is 0 Å². The summed E-state index contributed by atoms with van der Waals surface area (Å²) in [7, 11) is 0. The normalized spacial score (nSPS) is 13.8. The van der Waals surface area contributed by atoms with E-state index in [1.54, 1.807) is 11.1 Å². The summed E-state index contributed by atoms with van der Waals surface area (Å²) < 4.78 is 7.64. The van der Waals surface area contributed by atoms with E-state index in [1.807, 2.05) is 35.0 Å². The summed E-state index contributed by atoms with van der Waals surface area (Å²) >= 11 is 0. The number of para-hydroxylation sites is 1. The Balaban J connectivity index is 1.57. The van der Waals surface area contributed by atoms with Gasteiger partial charge in [0.1, 0.15) is 30.0 Å². The third-order valence-electron chi connectivity index (χ3n) is 5.05. The van der Waals surface area contributed by atoms with Crippen LogP contribution < -0.4 is 15.4 Å². The second kappa shape index (κ2) is 6.59. The molecule has 1 aliphatic heterocycles. The number of hydrogen-bond acceptors (Lipinski definition) is 6. The van der Waals surface area contributed by atoms with Gasteiger partial charge < -0.3 is 19.9 Å². The van der Waals surface area contributed by atoms with Crippen molar-refractivity contribution >= 4 is 28.4 Å². The lowest BCUT2D eigenvalue weighted by molar-refractivity contribution is 0.0990. The van der Waals surface area contributed by atoms with Crippen molar-refractivity contribution in [1.29, 1.82) is 0 Å². The first-order valence-corrected chi connectivity index (χ1v) is 9.22. The van der Waals surface area contributed by atoms with Crippen molar-refractivity contribution in [2.75, 3.05) is 23.8 Å². The van der Waals surface area contributed by atoms with E-state index in [-0.39, 0.29) is 23.2 Å². The molecule has 4 heterocycles. The van der Waals surface area contributed by atoms with Crippen molar-refractivity contribution in [3.63, 3.8) is 0 Å². The van der Waals surface area contributed by atoms with Gasteiger partial charge in [-0.15, -0.1) is 0 Å². The fourth-order valence-electron chi connectivity index (χ4n) is 3.60. The monoisotopic (exact) mass is 386 g/mol. The zero-order chi connectivity index (χ0) is 20.0. The largest absolute Gasteiger partial charge is 0.475 e. The van der Waals surface area contributed by atoms with Crippen molar-refractivity contribution < 1.29 is 9.53 Å². The fourth-order valence-corrected chi connectivity index (χ4v) is 3.60. The highest BCUT2D eigenvalue weighted by atomic mass is 16.5. The topological polar surface area (TPSA) is 99.2 Å². The van der Waals surface area contributed by atoms with Crippen LogP contribution in [-0.2, 0) is 0 Å². The van der Waals surface area contributed by atoms with E-state index in [0.29, 0.717) is 18.8 Å². The van der Waals surface area contributed by atoms with Crippen LogP contribution in [0, 0.1) is 6.92 Å². The minimum atomic E-state index is -0.296. The molecule has 0 bridgehead atoms. The Morgan fingerprint density at radius 3 is 2.86 bits per heavy atom. The maximum Gasteiger partial charge on any atom is 0.267 e. The molecule has 0 saturated carbocycles. The smallest absolute Gasteiger partial charge is 0.267 e. The Labute approximate surface area is 166 Å². The van der Waals surface area contributed by atoms with Crippen LogP contribution >= 0.6 is 0 Å². The number of hydrogen-bond donors (Lipinski definition) is 1. The van der Waals surface area contributed by atoms with E-state index in [4.69, 9.17) is 10.5 Å². The molecule has 0 saturated heterocycles. The van der Waals surface area contributed by atoms with Gasteiger partial charge in [0.15, 0.2) is 0 Å². The number of rotatable bonds is 2. The van der Waals surface area contributed by atoms with Crippen LogP contribution in [0.5, 0.6) is 5.88 Å². The Morgan fingerprint density at radius 2 is 2.00 bits per heavy atom. The average molecular weight is 386 g/mol. The van der Waals surface area contributed by atoms with Gasteiger partial charge in [0, 0.05) is 17.3 Å². The third-order valence-corrected chi connectivity index (χ3v) is 5.05. The van der Waals surface area contributed by atoms with Gasteiger partial charge in [-0.3, -0.25) is 4.79 Å². The molecule has 2 N–H and O–H groups in total. The molecule has 0 atom stereocenters. The molecule has 0 spiro atoms. The molecule has 0 aliphatic carbocycles. The summed E-state index contributed by atoms with van der Waals surface area (Å²) in [6, 6.07) is 12.1. The Kier molecular flexibility index (Phi) is 3.90. The number of anilines is 2. The summed E-state index contributed by atoms with van der Waals surface area (Å²) in [6.07, 6.45) is 4.97. The van der Waals surface area contributed by atoms with E-state index >= 15 is 0 Å². The number of ether oxygens (including phenoxy) is 1. The third kappa shape index (κ3) is 2.77. The summed E-state index contributed by atoms with van der Waals surface area (Å²) in [5, 5.41) is 0.932. The number of fused-ring (bicyclic) bond motifs is 2. The van der Waals surface area contributed by atoms with E-state index in [9.17, 15) is 4.79 Å². The lowest BCUT2D eigenvalue weighted by Gasteiger charge is -2.20. The number of aromatic nitrogens is 4. The zero-order valence-corrected chi connectivity index (χ0v) is 15.7. The molecule has 29 heavy (non-hydrogen) atoms. The van der Waals surface area contributed by atoms with Gasteiger partial charge >= 0.3 is 0 Å². The van der Waals surface area contributed by atoms with Gasteiger partial charge in [0.05, 0.1) is 18.4 Å². The molecule has 0 fully saturated rings. The van der Waals surface area contributed by atoms with Gasteiger partial charge in [0.2, 0.25) is 5.88 Å². The van der Waals surface area contributed by atoms with Crippen molar-refractivity contribution in [3.8, 4) is 11.6 Å². The van der Waals surface area contributed by atoms with Crippen molar-refractivity contribution in [1.82, 2.24) is 19.5 Å². The Bertz CT molecular complexity index is 1250. The molecule has 144 valence electrons. The minimum Gasteiger partial charge on any atom is -0.475 e. The number of nitrogen functional groups attached to an aromatic ring is 1. The van der Waals surface area contributed by atoms with Gasteiger partial charge in [-0.05, 0) is 30.7 Å². The fraction of sp³-hybridized carbons (Fsp3) is 0.143. The van der Waals surface area contributed by atoms with Crippen LogP contribution in [0.1, 0.15) is 15.9 Å². The molecule has 8 nitrogen and oxygen atoms in total. The molecule has 4 aromatic rings. The summed E-state index contributed by atoms with van der Waals surface area (Å²) in [5.41, 5.74) is 9.82. The molecule has 1 amide bonds. The lowest BCUT2D eigenvalue weighted by Crippen LogP contribution is -2.32. The van der Waals surface area contributed by atoms with Crippen LogP contribution in [0.4, 0.5) is 11.5 Å². The summed E-state index contributed by atoms with van der Waals surface area (Å²) in [5.74, 6) is 0.0199. The molecule has 5 rings (SSSR count). The predicted octanol–water partition coefficient (Wildman–Crippen LogP) is 2.75. The van der Waals surface area contributed by atoms with Crippen LogP contribution in [0.15, 0.2) is 55.1 Å². The quantitative estimate of drug-likeness (QED) is 0.569. The second-order valence-electron chi connectivity index (χ2n) is 6.82. The van der Waals surface area contributed by atoms with E-state index in [0.717, 1.165) is 22.3 Å². The van der Waals surface area contributed by atoms with Crippen molar-refractivity contribution in [3.05, 3.63) is 66.2 Å². The van der Waals surface area contributed by atoms with Gasteiger partial charge in [-0.25, -0.2) is 15.0 Å². The second-order valence-corrected chi connectivity index (χ2v) is 6.82. The Hall–Kier alpha value is -3.94. The molecule has 0 radical (unpaired) electrons. The van der Waals surface area contributed by atoms with E-state index in [1.165, 1.54) is 6.33 Å². The van der Waals surface area contributed by atoms with Crippen LogP contribution in [0.25, 0.3) is 16.7 Å². The van der Waals surface area contributed by atoms with Crippen LogP contribution in [0.3, 0.4) is 0 Å². The molecule has 8 heteroatoms. The van der Waals surface area contributed by atoms with Crippen LogP contribution in [-0.4, -0.2) is 38.6 Å². The SMILES string of the molecule is Cc1ccccc1-n1ccc2cc(N3CCOc4ncnc(N)c4C3=O)cnc21. The highest BCUT2D eigenvalue weighted by Gasteiger charge is 2.29. The summed E-state index contributed by atoms with van der Waals surface area (Å²) in [6.45, 7) is 2.73. The predicted molar refractivity (Wildman–Crippen MR) is 109 cm³/mol. The molecule has 0 unspecified atom stereocenters. The van der Waals surface area contributed by atoms with Crippen molar-refractivity contribution in [2.45, 2.75) is 6.92 Å². The van der Waals surface area contributed by atoms with Crippen LogP contribution in [0.2, 0.25) is 0 Å². The highest BCUT2D eigenvalue weighted by molar-refractivity contribution is 6.11. The number of nitrogens with two attached hydrogens (primary N) is 1. The first-order valence-electron chi connectivity index (χ1n) is 9.22. The number of benzene rings is 1. The first kappa shape index (κ1) is 17.2. The standard InChI is InChI=1S/C21H18N6O2/c1-13-4-2-3-5-16(13)27-7-6-14-10-15(11-23-19(14)27)26-8-9-29-20-17(21(26)28)18(22)24-12-25-20/h2-7,10-12H,8-9H2,1H3,(H2,22,24,25). The number of pyridine rings is 1. The number of amides is 1. The Morgan fingerprint density at radius 1 is 1.14 bits per heavy atom. The van der Waals surface area contributed by atoms with Gasteiger partial charge in [0.25, 0.3) is 5.91 Å². The first-order chi connectivity index (χ1) is 14.1. The maximum absolute atomic E-state index is 13.1. The minimum absolute atomic E-state index is 0.103. The van der Waals surface area contributed by atoms with E-state index < -0.39 is 0 Å². The molecule has 1 aliphatic rings. The highest BCUT2D eigenvalue weighted by Crippen LogP contribution is 2.29. The number of carbonyl (C=O) groups is 1. The number of nitrogens with zero attached hydrogens (tertiary/aromatic N) is 5. The van der Waals surface area contributed by atoms with Gasteiger partial charge in [-0.2, -0.15) is 0 Å². The molecular formula is C21H18N6O2. The average Bonchev–Trinajstić information content (AvgIpc) is 3.06. The molecule has 1 aromatic carbocycles. The summed E-state index contributed by atoms with van der Waals surface area (Å²) in [4.78, 5) is 27.3. The number of carbonyl (C=O) groups excluding carboxylic acids is 1. The van der Waals surface area contributed by atoms with E-state index in [2.05, 4.69) is 34.0 Å². The zero-order valence-electron chi connectivity index (χ0n) is 15.7. The number of aryl methyl sites for hydroxylation is 1. The molecule has 3 aromatic heterocycles. The van der Waals surface area contributed by atoms with Gasteiger partial charge in [-0.1, -0.05) is 18.2 Å².